The summed E-state index contributed by atoms with van der Waals surface area (Å²) in [6.07, 6.45) is 7.28. The Morgan fingerprint density at radius 2 is 2.00 bits per heavy atom. The van der Waals surface area contributed by atoms with Gasteiger partial charge in [0.2, 0.25) is 0 Å². The van der Waals surface area contributed by atoms with Gasteiger partial charge in [-0.25, -0.2) is 0 Å². The molecule has 0 heterocycles. The van der Waals surface area contributed by atoms with E-state index in [1.165, 1.54) is 5.56 Å². The van der Waals surface area contributed by atoms with Crippen LogP contribution in [0.1, 0.15) is 12.5 Å². The second-order valence-electron chi connectivity index (χ2n) is 4.74. The van der Waals surface area contributed by atoms with Crippen molar-refractivity contribution in [2.24, 2.45) is 0 Å². The molecule has 1 rings (SSSR count). The van der Waals surface area contributed by atoms with Gasteiger partial charge in [-0.1, -0.05) is 36.3 Å². The van der Waals surface area contributed by atoms with E-state index in [0.29, 0.717) is 13.1 Å². The summed E-state index contributed by atoms with van der Waals surface area (Å²) in [4.78, 5) is 2.04. The normalized spacial score (nSPS) is 13.1. The van der Waals surface area contributed by atoms with E-state index < -0.39 is 10.1 Å². The van der Waals surface area contributed by atoms with Crippen molar-refractivity contribution in [2.75, 3.05) is 26.0 Å². The number of benzene rings is 1. The lowest BCUT2D eigenvalue weighted by atomic mass is 10.1. The van der Waals surface area contributed by atoms with Crippen LogP contribution in [0.5, 0.6) is 0 Å². The lowest BCUT2D eigenvalue weighted by Gasteiger charge is -2.27. The van der Waals surface area contributed by atoms with Gasteiger partial charge < -0.3 is 0 Å². The van der Waals surface area contributed by atoms with Crippen molar-refractivity contribution < 1.29 is 12.6 Å². The first-order valence-corrected chi connectivity index (χ1v) is 8.30. The first-order chi connectivity index (χ1) is 9.42. The summed E-state index contributed by atoms with van der Waals surface area (Å²) in [5, 5.41) is 0. The second kappa shape index (κ2) is 8.05. The molecule has 0 amide bonds. The zero-order valence-corrected chi connectivity index (χ0v) is 12.8. The third kappa shape index (κ3) is 6.71. The van der Waals surface area contributed by atoms with E-state index in [4.69, 9.17) is 10.6 Å². The fourth-order valence-corrected chi connectivity index (χ4v) is 2.34. The van der Waals surface area contributed by atoms with E-state index in [1.807, 2.05) is 23.1 Å². The van der Waals surface area contributed by atoms with Gasteiger partial charge in [0.05, 0.1) is 19.4 Å². The molecule has 0 radical (unpaired) electrons. The maximum atomic E-state index is 11.0. The molecule has 1 unspecified atom stereocenters. The number of nitrogens with zero attached hydrogens (tertiary/aromatic N) is 1. The molecule has 4 nitrogen and oxygen atoms in total. The largest absolute Gasteiger partial charge is 0.287 e. The van der Waals surface area contributed by atoms with Crippen LogP contribution in [-0.2, 0) is 20.7 Å². The van der Waals surface area contributed by atoms with Crippen LogP contribution in [0, 0.1) is 12.3 Å². The molecule has 1 atom stereocenters. The molecule has 20 heavy (non-hydrogen) atoms. The molecule has 110 valence electrons. The third-order valence-electron chi connectivity index (χ3n) is 2.97. The molecule has 0 aromatic heterocycles. The summed E-state index contributed by atoms with van der Waals surface area (Å²) >= 11 is 0. The van der Waals surface area contributed by atoms with Gasteiger partial charge in [0.15, 0.2) is 0 Å². The fourth-order valence-electron chi connectivity index (χ4n) is 1.96. The van der Waals surface area contributed by atoms with Crippen LogP contribution in [0.15, 0.2) is 30.3 Å². The maximum Gasteiger partial charge on any atom is 0.264 e. The molecule has 1 aromatic carbocycles. The summed E-state index contributed by atoms with van der Waals surface area (Å²) in [5.41, 5.74) is 1.23. The Bertz CT molecular complexity index is 534. The molecule has 0 saturated heterocycles. The minimum atomic E-state index is -3.40. The molecule has 0 spiro atoms. The van der Waals surface area contributed by atoms with Crippen LogP contribution in [-0.4, -0.2) is 45.3 Å². The van der Waals surface area contributed by atoms with E-state index in [0.717, 1.165) is 12.7 Å². The van der Waals surface area contributed by atoms with Crippen molar-refractivity contribution in [3.8, 4) is 12.3 Å². The fraction of sp³-hybridized carbons (Fsp3) is 0.467. The monoisotopic (exact) mass is 295 g/mol. The van der Waals surface area contributed by atoms with Crippen molar-refractivity contribution in [2.45, 2.75) is 19.4 Å². The molecule has 0 aliphatic heterocycles. The Morgan fingerprint density at radius 3 is 2.55 bits per heavy atom. The standard InChI is InChI=1S/C15H21NO3S/c1-4-10-16(11-12-19-20(3,17)18)14(2)13-15-8-6-5-7-9-15/h1,5-9,14H,10-13H2,2-3H3. The molecule has 0 saturated carbocycles. The maximum absolute atomic E-state index is 11.0. The summed E-state index contributed by atoms with van der Waals surface area (Å²) in [6, 6.07) is 10.3. The highest BCUT2D eigenvalue weighted by atomic mass is 32.2. The SMILES string of the molecule is C#CCN(CCOS(C)(=O)=O)C(C)Cc1ccccc1. The topological polar surface area (TPSA) is 46.6 Å². The van der Waals surface area contributed by atoms with Crippen LogP contribution in [0.4, 0.5) is 0 Å². The molecule has 0 bridgehead atoms. The van der Waals surface area contributed by atoms with Crippen LogP contribution < -0.4 is 0 Å². The zero-order chi connectivity index (χ0) is 15.0. The van der Waals surface area contributed by atoms with Gasteiger partial charge in [0.1, 0.15) is 0 Å². The van der Waals surface area contributed by atoms with Crippen molar-refractivity contribution in [3.63, 3.8) is 0 Å². The van der Waals surface area contributed by atoms with Crippen LogP contribution >= 0.6 is 0 Å². The molecule has 0 N–H and O–H groups in total. The van der Waals surface area contributed by atoms with E-state index in [2.05, 4.69) is 25.0 Å². The van der Waals surface area contributed by atoms with Crippen molar-refractivity contribution in [1.82, 2.24) is 4.90 Å². The molecule has 0 aliphatic carbocycles. The Labute approximate surface area is 121 Å². The lowest BCUT2D eigenvalue weighted by molar-refractivity contribution is 0.187. The Kier molecular flexibility index (Phi) is 6.73. The minimum Gasteiger partial charge on any atom is -0.287 e. The van der Waals surface area contributed by atoms with Gasteiger partial charge in [-0.3, -0.25) is 9.08 Å². The van der Waals surface area contributed by atoms with Crippen molar-refractivity contribution >= 4 is 10.1 Å². The first kappa shape index (κ1) is 16.7. The van der Waals surface area contributed by atoms with Gasteiger partial charge >= 0.3 is 0 Å². The van der Waals surface area contributed by atoms with Crippen molar-refractivity contribution in [3.05, 3.63) is 35.9 Å². The van der Waals surface area contributed by atoms with E-state index in [1.54, 1.807) is 0 Å². The second-order valence-corrected chi connectivity index (χ2v) is 6.38. The summed E-state index contributed by atoms with van der Waals surface area (Å²) < 4.78 is 26.7. The summed E-state index contributed by atoms with van der Waals surface area (Å²) in [7, 11) is -3.40. The van der Waals surface area contributed by atoms with Gasteiger partial charge in [-0.05, 0) is 18.9 Å². The first-order valence-electron chi connectivity index (χ1n) is 6.48. The highest BCUT2D eigenvalue weighted by molar-refractivity contribution is 7.85. The zero-order valence-electron chi connectivity index (χ0n) is 12.0. The highest BCUT2D eigenvalue weighted by Gasteiger charge is 2.14. The summed E-state index contributed by atoms with van der Waals surface area (Å²) in [6.45, 7) is 3.16. The molecule has 0 aliphatic rings. The van der Waals surface area contributed by atoms with E-state index in [9.17, 15) is 8.42 Å². The van der Waals surface area contributed by atoms with Crippen LogP contribution in [0.25, 0.3) is 0 Å². The molecular weight excluding hydrogens is 274 g/mol. The lowest BCUT2D eigenvalue weighted by Crippen LogP contribution is -2.37. The Balaban J connectivity index is 2.54. The van der Waals surface area contributed by atoms with E-state index in [-0.39, 0.29) is 12.6 Å². The molecular formula is C15H21NO3S. The highest BCUT2D eigenvalue weighted by Crippen LogP contribution is 2.08. The van der Waals surface area contributed by atoms with Gasteiger partial charge in [-0.2, -0.15) is 8.42 Å². The average molecular weight is 295 g/mol. The number of terminal acetylenes is 1. The van der Waals surface area contributed by atoms with Gasteiger partial charge in [0, 0.05) is 12.6 Å². The van der Waals surface area contributed by atoms with E-state index >= 15 is 0 Å². The number of rotatable bonds is 8. The van der Waals surface area contributed by atoms with Crippen molar-refractivity contribution in [1.29, 1.82) is 0 Å². The average Bonchev–Trinajstić information content (AvgIpc) is 2.37. The predicted octanol–water partition coefficient (Wildman–Crippen LogP) is 1.53. The Morgan fingerprint density at radius 1 is 1.35 bits per heavy atom. The predicted molar refractivity (Wildman–Crippen MR) is 80.8 cm³/mol. The quantitative estimate of drug-likeness (QED) is 0.539. The molecule has 1 aromatic rings. The number of hydrogen-bond acceptors (Lipinski definition) is 4. The molecule has 0 fully saturated rings. The minimum absolute atomic E-state index is 0.125. The number of hydrogen-bond donors (Lipinski definition) is 0. The molecule has 5 heteroatoms. The van der Waals surface area contributed by atoms with Gasteiger partial charge in [-0.15, -0.1) is 6.42 Å². The third-order valence-corrected chi connectivity index (χ3v) is 3.56. The smallest absolute Gasteiger partial charge is 0.264 e. The van der Waals surface area contributed by atoms with Crippen LogP contribution in [0.3, 0.4) is 0 Å². The van der Waals surface area contributed by atoms with Gasteiger partial charge in [0.25, 0.3) is 10.1 Å². The summed E-state index contributed by atoms with van der Waals surface area (Å²) in [5.74, 6) is 2.60. The Hall–Kier alpha value is -1.35. The van der Waals surface area contributed by atoms with Crippen LogP contribution in [0.2, 0.25) is 0 Å².